The predicted molar refractivity (Wildman–Crippen MR) is 95.3 cm³/mol. The number of halogens is 1. The molecule has 2 aromatic carbocycles. The Bertz CT molecular complexity index is 981. The summed E-state index contributed by atoms with van der Waals surface area (Å²) in [6.45, 7) is 0. The quantitative estimate of drug-likeness (QED) is 0.559. The molecule has 0 amide bonds. The topological polar surface area (TPSA) is 64.4 Å². The molecule has 1 aromatic heterocycles. The van der Waals surface area contributed by atoms with Crippen LogP contribution in [0.15, 0.2) is 47.6 Å². The average Bonchev–Trinajstić information content (AvgIpc) is 3.00. The number of hydrogen-bond donors (Lipinski definition) is 1. The molecule has 0 atom stereocenters. The number of rotatable bonds is 5. The van der Waals surface area contributed by atoms with E-state index in [0.29, 0.717) is 27.7 Å². The van der Waals surface area contributed by atoms with Gasteiger partial charge in [0.2, 0.25) is 4.77 Å². The van der Waals surface area contributed by atoms with Gasteiger partial charge in [-0.15, -0.1) is 0 Å². The van der Waals surface area contributed by atoms with Gasteiger partial charge in [0.1, 0.15) is 5.82 Å². The number of aromatic amines is 1. The molecule has 0 spiro atoms. The summed E-state index contributed by atoms with van der Waals surface area (Å²) in [5.74, 6) is 1.34. The smallest absolute Gasteiger partial charge is 0.216 e. The van der Waals surface area contributed by atoms with Crippen molar-refractivity contribution in [2.75, 3.05) is 14.2 Å². The number of nitrogens with one attached hydrogen (secondary N) is 1. The van der Waals surface area contributed by atoms with Crippen LogP contribution in [0.25, 0.3) is 11.4 Å². The summed E-state index contributed by atoms with van der Waals surface area (Å²) >= 11 is 5.23. The van der Waals surface area contributed by atoms with Gasteiger partial charge in [0, 0.05) is 5.56 Å². The third kappa shape index (κ3) is 3.58. The Morgan fingerprint density at radius 3 is 2.68 bits per heavy atom. The van der Waals surface area contributed by atoms with Crippen LogP contribution in [0, 0.1) is 10.6 Å². The van der Waals surface area contributed by atoms with E-state index >= 15 is 0 Å². The zero-order valence-corrected chi connectivity index (χ0v) is 14.4. The Morgan fingerprint density at radius 2 is 1.96 bits per heavy atom. The van der Waals surface area contributed by atoms with Crippen molar-refractivity contribution in [2.45, 2.75) is 0 Å². The van der Waals surface area contributed by atoms with Gasteiger partial charge >= 0.3 is 0 Å². The molecule has 0 unspecified atom stereocenters. The first-order valence-corrected chi connectivity index (χ1v) is 7.73. The van der Waals surface area contributed by atoms with E-state index in [-0.39, 0.29) is 5.82 Å². The lowest BCUT2D eigenvalue weighted by molar-refractivity contribution is 0.355. The van der Waals surface area contributed by atoms with Crippen LogP contribution in [-0.4, -0.2) is 35.3 Å². The monoisotopic (exact) mass is 358 g/mol. The highest BCUT2D eigenvalue weighted by Gasteiger charge is 2.12. The van der Waals surface area contributed by atoms with Crippen LogP contribution in [0.4, 0.5) is 4.39 Å². The van der Waals surface area contributed by atoms with Crippen LogP contribution in [0.2, 0.25) is 0 Å². The molecule has 0 bridgehead atoms. The molecule has 1 heterocycles. The minimum atomic E-state index is -0.333. The van der Waals surface area contributed by atoms with Crippen LogP contribution in [-0.2, 0) is 0 Å². The molecule has 0 saturated heterocycles. The van der Waals surface area contributed by atoms with Gasteiger partial charge in [-0.05, 0) is 48.1 Å². The molecular formula is C17H15FN4O2S. The van der Waals surface area contributed by atoms with Crippen LogP contribution < -0.4 is 9.47 Å². The Kier molecular flexibility index (Phi) is 4.90. The lowest BCUT2D eigenvalue weighted by Crippen LogP contribution is -1.97. The summed E-state index contributed by atoms with van der Waals surface area (Å²) in [5.41, 5.74) is 1.35. The number of benzene rings is 2. The fourth-order valence-corrected chi connectivity index (χ4v) is 2.45. The van der Waals surface area contributed by atoms with Crippen molar-refractivity contribution >= 4 is 18.4 Å². The lowest BCUT2D eigenvalue weighted by Gasteiger charge is -2.09. The summed E-state index contributed by atoms with van der Waals surface area (Å²) in [6, 6.07) is 11.5. The molecule has 3 aromatic rings. The molecule has 0 radical (unpaired) electrons. The Hall–Kier alpha value is -3.00. The molecule has 25 heavy (non-hydrogen) atoms. The molecule has 128 valence electrons. The van der Waals surface area contributed by atoms with Crippen molar-refractivity contribution in [1.82, 2.24) is 14.9 Å². The van der Waals surface area contributed by atoms with Gasteiger partial charge in [0.25, 0.3) is 0 Å². The first kappa shape index (κ1) is 16.8. The molecule has 0 aliphatic heterocycles. The summed E-state index contributed by atoms with van der Waals surface area (Å²) in [4.78, 5) is 0. The average molecular weight is 358 g/mol. The Balaban J connectivity index is 2.01. The summed E-state index contributed by atoms with van der Waals surface area (Å²) in [6.07, 6.45) is 1.51. The van der Waals surface area contributed by atoms with Gasteiger partial charge in [-0.2, -0.15) is 14.9 Å². The van der Waals surface area contributed by atoms with E-state index < -0.39 is 0 Å². The minimum Gasteiger partial charge on any atom is -0.493 e. The van der Waals surface area contributed by atoms with Crippen molar-refractivity contribution in [3.8, 4) is 22.9 Å². The third-order valence-electron chi connectivity index (χ3n) is 3.46. The molecule has 1 N–H and O–H groups in total. The summed E-state index contributed by atoms with van der Waals surface area (Å²) in [5, 5.41) is 11.2. The van der Waals surface area contributed by atoms with E-state index in [1.165, 1.54) is 23.0 Å². The van der Waals surface area contributed by atoms with E-state index in [1.54, 1.807) is 38.5 Å². The molecule has 0 fully saturated rings. The first-order valence-electron chi connectivity index (χ1n) is 7.32. The van der Waals surface area contributed by atoms with Crippen molar-refractivity contribution in [1.29, 1.82) is 0 Å². The van der Waals surface area contributed by atoms with Crippen LogP contribution in [0.5, 0.6) is 11.5 Å². The standard InChI is InChI=1S/C17H15FN4O2S/c1-23-14-7-6-12(9-15(14)24-2)16-20-21-17(25)22(16)19-10-11-4-3-5-13(18)8-11/h3-10H,1-2H3,(H,21,25)/b19-10-. The number of nitrogens with zero attached hydrogens (tertiary/aromatic N) is 3. The Morgan fingerprint density at radius 1 is 1.16 bits per heavy atom. The fraction of sp³-hybridized carbons (Fsp3) is 0.118. The first-order chi connectivity index (χ1) is 12.1. The number of methoxy groups -OCH3 is 2. The molecular weight excluding hydrogens is 343 g/mol. The maximum Gasteiger partial charge on any atom is 0.216 e. The second kappa shape index (κ2) is 7.27. The van der Waals surface area contributed by atoms with Gasteiger partial charge in [-0.3, -0.25) is 0 Å². The maximum atomic E-state index is 13.3. The van der Waals surface area contributed by atoms with E-state index in [1.807, 2.05) is 6.07 Å². The number of hydrogen-bond acceptors (Lipinski definition) is 5. The maximum absolute atomic E-state index is 13.3. The lowest BCUT2D eigenvalue weighted by atomic mass is 10.2. The highest BCUT2D eigenvalue weighted by molar-refractivity contribution is 7.71. The third-order valence-corrected chi connectivity index (χ3v) is 3.73. The molecule has 0 aliphatic rings. The van der Waals surface area contributed by atoms with Crippen LogP contribution in [0.3, 0.4) is 0 Å². The zero-order chi connectivity index (χ0) is 17.8. The molecule has 0 saturated carbocycles. The number of H-pyrrole nitrogens is 1. The van der Waals surface area contributed by atoms with Crippen LogP contribution in [0.1, 0.15) is 5.56 Å². The van der Waals surface area contributed by atoms with Crippen LogP contribution >= 0.6 is 12.2 Å². The van der Waals surface area contributed by atoms with Gasteiger partial charge in [-0.1, -0.05) is 12.1 Å². The number of aromatic nitrogens is 3. The largest absolute Gasteiger partial charge is 0.493 e. The highest BCUT2D eigenvalue weighted by atomic mass is 32.1. The van der Waals surface area contributed by atoms with Crippen molar-refractivity contribution in [3.05, 3.63) is 58.6 Å². The van der Waals surface area contributed by atoms with E-state index in [9.17, 15) is 4.39 Å². The van der Waals surface area contributed by atoms with Gasteiger partial charge in [-0.25, -0.2) is 9.49 Å². The van der Waals surface area contributed by atoms with Crippen molar-refractivity contribution in [3.63, 3.8) is 0 Å². The van der Waals surface area contributed by atoms with Gasteiger partial charge in [0.05, 0.1) is 20.4 Å². The van der Waals surface area contributed by atoms with E-state index in [4.69, 9.17) is 21.7 Å². The highest BCUT2D eigenvalue weighted by Crippen LogP contribution is 2.31. The number of ether oxygens (including phenoxy) is 2. The molecule has 0 aliphatic carbocycles. The molecule has 6 nitrogen and oxygen atoms in total. The minimum absolute atomic E-state index is 0.317. The molecule has 8 heteroatoms. The Labute approximate surface area is 148 Å². The van der Waals surface area contributed by atoms with Crippen molar-refractivity contribution < 1.29 is 13.9 Å². The van der Waals surface area contributed by atoms with Gasteiger partial charge in [0.15, 0.2) is 17.3 Å². The van der Waals surface area contributed by atoms with E-state index in [2.05, 4.69) is 15.3 Å². The molecule has 3 rings (SSSR count). The summed E-state index contributed by atoms with van der Waals surface area (Å²) < 4.78 is 25.6. The normalized spacial score (nSPS) is 11.0. The SMILES string of the molecule is COc1ccc(-c2n[nH]c(=S)n2/N=C\c2cccc(F)c2)cc1OC. The van der Waals surface area contributed by atoms with E-state index in [0.717, 1.165) is 5.56 Å². The second-order valence-corrected chi connectivity index (χ2v) is 5.42. The fourth-order valence-electron chi connectivity index (χ4n) is 2.27. The zero-order valence-electron chi connectivity index (χ0n) is 13.6. The summed E-state index contributed by atoms with van der Waals surface area (Å²) in [7, 11) is 3.12. The predicted octanol–water partition coefficient (Wildman–Crippen LogP) is 3.65. The van der Waals surface area contributed by atoms with Gasteiger partial charge < -0.3 is 9.47 Å². The second-order valence-electron chi connectivity index (χ2n) is 5.03. The van der Waals surface area contributed by atoms with Crippen molar-refractivity contribution in [2.24, 2.45) is 5.10 Å².